The number of aromatic nitrogens is 1. The first kappa shape index (κ1) is 23.6. The smallest absolute Gasteiger partial charge is 0.324 e. The lowest BCUT2D eigenvalue weighted by Crippen LogP contribution is -3.00. The molecule has 0 aliphatic rings. The molecule has 0 radical (unpaired) electrons. The molecule has 2 aromatic carbocycles. The molecule has 0 aliphatic carbocycles. The number of carbonyl (C=O) groups excluding carboxylic acids is 1. The predicted octanol–water partition coefficient (Wildman–Crippen LogP) is 1.37. The molecule has 1 N–H and O–H groups in total. The van der Waals surface area contributed by atoms with Crippen molar-refractivity contribution in [2.75, 3.05) is 27.2 Å². The predicted molar refractivity (Wildman–Crippen MR) is 123 cm³/mol. The van der Waals surface area contributed by atoms with Crippen molar-refractivity contribution < 1.29 is 26.6 Å². The molecule has 9 heteroatoms. The van der Waals surface area contributed by atoms with Crippen molar-refractivity contribution >= 4 is 44.1 Å². The number of nitrogens with zero attached hydrogens (tertiary/aromatic N) is 3. The van der Waals surface area contributed by atoms with E-state index in [-0.39, 0.29) is 28.2 Å². The van der Waals surface area contributed by atoms with Crippen LogP contribution in [0.3, 0.4) is 0 Å². The van der Waals surface area contributed by atoms with Gasteiger partial charge in [-0.2, -0.15) is 0 Å². The molecule has 7 nitrogen and oxygen atoms in total. The number of halogens is 1. The number of fused-ring (bicyclic) bond motifs is 2. The zero-order valence-corrected chi connectivity index (χ0v) is 19.3. The standard InChI is InChI=1S/C23H22N4O3S.ClH/c1-27(2,15-18-10-11-21(31-18)26(29)30)13-12-24-23(28)19-8-5-7-17-14-16-6-3-4-9-20(16)25-22(17)19;/h3-11,14H,12-13,15H2,1-2H3;1H. The van der Waals surface area contributed by atoms with E-state index in [0.29, 0.717) is 35.2 Å². The van der Waals surface area contributed by atoms with Gasteiger partial charge in [0.1, 0.15) is 6.54 Å². The van der Waals surface area contributed by atoms with Gasteiger partial charge in [0.05, 0.1) is 53.6 Å². The number of para-hydroxylation sites is 2. The summed E-state index contributed by atoms with van der Waals surface area (Å²) < 4.78 is 0.608. The fourth-order valence-corrected chi connectivity index (χ4v) is 4.63. The molecule has 0 bridgehead atoms. The lowest BCUT2D eigenvalue weighted by molar-refractivity contribution is -0.902. The third kappa shape index (κ3) is 5.21. The lowest BCUT2D eigenvalue weighted by Gasteiger charge is -2.29. The number of rotatable bonds is 7. The zero-order valence-electron chi connectivity index (χ0n) is 17.7. The van der Waals surface area contributed by atoms with Crippen LogP contribution in [0.25, 0.3) is 21.8 Å². The topological polar surface area (TPSA) is 85.1 Å². The van der Waals surface area contributed by atoms with Crippen LogP contribution >= 0.6 is 11.3 Å². The molecule has 0 unspecified atom stereocenters. The zero-order chi connectivity index (χ0) is 22.0. The molecule has 0 aliphatic heterocycles. The molecule has 0 spiro atoms. The Morgan fingerprint density at radius 1 is 1.09 bits per heavy atom. The van der Waals surface area contributed by atoms with E-state index in [1.54, 1.807) is 18.2 Å². The van der Waals surface area contributed by atoms with Crippen molar-refractivity contribution in [3.8, 4) is 0 Å². The van der Waals surface area contributed by atoms with Crippen molar-refractivity contribution in [1.29, 1.82) is 0 Å². The van der Waals surface area contributed by atoms with Crippen molar-refractivity contribution in [1.82, 2.24) is 10.3 Å². The number of carbonyl (C=O) groups is 1. The Bertz CT molecular complexity index is 1290. The number of likely N-dealkylation sites (N-methyl/N-ethyl adjacent to an activating group) is 1. The second-order valence-electron chi connectivity index (χ2n) is 8.13. The maximum atomic E-state index is 12.9. The maximum absolute atomic E-state index is 12.9. The SMILES string of the molecule is C[N+](C)(CCNC(=O)c1cccc2cc3ccccc3nc12)Cc1ccc([N+](=O)[O-])s1.[Cl-]. The molecule has 4 aromatic rings. The number of pyridine rings is 1. The second kappa shape index (κ2) is 9.60. The van der Waals surface area contributed by atoms with E-state index in [1.807, 2.05) is 50.5 Å². The molecule has 0 saturated carbocycles. The van der Waals surface area contributed by atoms with E-state index < -0.39 is 0 Å². The Labute approximate surface area is 195 Å². The Kier molecular flexibility index (Phi) is 7.08. The third-order valence-corrected chi connectivity index (χ3v) is 6.23. The minimum absolute atomic E-state index is 0. The molecule has 0 fully saturated rings. The second-order valence-corrected chi connectivity index (χ2v) is 9.28. The van der Waals surface area contributed by atoms with Gasteiger partial charge in [-0.15, -0.1) is 0 Å². The van der Waals surface area contributed by atoms with E-state index in [4.69, 9.17) is 4.98 Å². The van der Waals surface area contributed by atoms with Crippen molar-refractivity contribution in [2.24, 2.45) is 0 Å². The van der Waals surface area contributed by atoms with Crippen LogP contribution in [0.4, 0.5) is 5.00 Å². The summed E-state index contributed by atoms with van der Waals surface area (Å²) in [4.78, 5) is 29.1. The monoisotopic (exact) mass is 470 g/mol. The summed E-state index contributed by atoms with van der Waals surface area (Å²) in [6.45, 7) is 1.85. The molecule has 0 atom stereocenters. The Morgan fingerprint density at radius 3 is 2.59 bits per heavy atom. The molecule has 4 rings (SSSR count). The van der Waals surface area contributed by atoms with Crippen LogP contribution < -0.4 is 17.7 Å². The number of quaternary nitrogens is 1. The molecule has 2 heterocycles. The van der Waals surface area contributed by atoms with Crippen molar-refractivity contribution in [3.63, 3.8) is 0 Å². The molecule has 1 amide bonds. The summed E-state index contributed by atoms with van der Waals surface area (Å²) in [6.07, 6.45) is 0. The highest BCUT2D eigenvalue weighted by molar-refractivity contribution is 7.15. The van der Waals surface area contributed by atoms with Gasteiger partial charge in [0.25, 0.3) is 5.91 Å². The van der Waals surface area contributed by atoms with Gasteiger partial charge >= 0.3 is 5.00 Å². The Morgan fingerprint density at radius 2 is 1.84 bits per heavy atom. The van der Waals surface area contributed by atoms with Crippen LogP contribution in [0.5, 0.6) is 0 Å². The number of nitrogens with one attached hydrogen (secondary N) is 1. The third-order valence-electron chi connectivity index (χ3n) is 5.21. The average Bonchev–Trinajstić information content (AvgIpc) is 3.19. The summed E-state index contributed by atoms with van der Waals surface area (Å²) in [6, 6.07) is 18.9. The van der Waals surface area contributed by atoms with Gasteiger partial charge in [-0.05, 0) is 24.3 Å². The first-order chi connectivity index (χ1) is 14.8. The first-order valence-corrected chi connectivity index (χ1v) is 10.8. The average molecular weight is 471 g/mol. The molecule has 2 aromatic heterocycles. The minimum Gasteiger partial charge on any atom is -1.00 e. The van der Waals surface area contributed by atoms with E-state index in [1.165, 1.54) is 11.3 Å². The number of thiophene rings is 1. The van der Waals surface area contributed by atoms with Gasteiger partial charge in [0.15, 0.2) is 0 Å². The fourth-order valence-electron chi connectivity index (χ4n) is 3.60. The number of benzene rings is 2. The number of hydrogen-bond donors (Lipinski definition) is 1. The minimum atomic E-state index is -0.365. The van der Waals surface area contributed by atoms with Crippen LogP contribution in [-0.4, -0.2) is 47.5 Å². The van der Waals surface area contributed by atoms with E-state index >= 15 is 0 Å². The van der Waals surface area contributed by atoms with Crippen LogP contribution in [0.15, 0.2) is 60.7 Å². The van der Waals surface area contributed by atoms with E-state index in [2.05, 4.69) is 11.4 Å². The van der Waals surface area contributed by atoms with Crippen LogP contribution in [0.2, 0.25) is 0 Å². The highest BCUT2D eigenvalue weighted by Crippen LogP contribution is 2.26. The van der Waals surface area contributed by atoms with Gasteiger partial charge < -0.3 is 22.2 Å². The fraction of sp³-hybridized carbons (Fsp3) is 0.217. The molecular weight excluding hydrogens is 448 g/mol. The summed E-state index contributed by atoms with van der Waals surface area (Å²) in [5, 5.41) is 16.0. The number of nitro groups is 1. The van der Waals surface area contributed by atoms with Gasteiger partial charge in [-0.3, -0.25) is 14.9 Å². The van der Waals surface area contributed by atoms with Crippen molar-refractivity contribution in [2.45, 2.75) is 6.54 Å². The van der Waals surface area contributed by atoms with Gasteiger partial charge in [0, 0.05) is 16.8 Å². The molecule has 166 valence electrons. The normalized spacial score (nSPS) is 11.3. The largest absolute Gasteiger partial charge is 1.00 e. The molecular formula is C23H23ClN4O3S. The van der Waals surface area contributed by atoms with Gasteiger partial charge in [0.2, 0.25) is 0 Å². The summed E-state index contributed by atoms with van der Waals surface area (Å²) in [5.41, 5.74) is 2.11. The maximum Gasteiger partial charge on any atom is 0.324 e. The summed E-state index contributed by atoms with van der Waals surface area (Å²) >= 11 is 1.20. The Hall–Kier alpha value is -3.07. The number of hydrogen-bond acceptors (Lipinski definition) is 5. The van der Waals surface area contributed by atoms with Gasteiger partial charge in [-0.1, -0.05) is 41.7 Å². The highest BCUT2D eigenvalue weighted by atomic mass is 35.5. The first-order valence-electron chi connectivity index (χ1n) is 9.94. The Balaban J connectivity index is 0.00000289. The van der Waals surface area contributed by atoms with Crippen LogP contribution in [-0.2, 0) is 6.54 Å². The summed E-state index contributed by atoms with van der Waals surface area (Å²) in [7, 11) is 4.09. The molecule has 0 saturated heterocycles. The van der Waals surface area contributed by atoms with Crippen LogP contribution in [0, 0.1) is 10.1 Å². The summed E-state index contributed by atoms with van der Waals surface area (Å²) in [5.74, 6) is -0.153. The van der Waals surface area contributed by atoms with E-state index in [9.17, 15) is 14.9 Å². The van der Waals surface area contributed by atoms with E-state index in [0.717, 1.165) is 21.2 Å². The number of amides is 1. The van der Waals surface area contributed by atoms with Crippen LogP contribution in [0.1, 0.15) is 15.2 Å². The van der Waals surface area contributed by atoms with Crippen molar-refractivity contribution in [3.05, 3.63) is 81.2 Å². The highest BCUT2D eigenvalue weighted by Gasteiger charge is 2.20. The quantitative estimate of drug-likeness (QED) is 0.191. The lowest BCUT2D eigenvalue weighted by atomic mass is 10.1. The van der Waals surface area contributed by atoms with Gasteiger partial charge in [-0.25, -0.2) is 4.98 Å². The molecule has 32 heavy (non-hydrogen) atoms.